The lowest BCUT2D eigenvalue weighted by Crippen LogP contribution is -2.23. The van der Waals surface area contributed by atoms with Crippen molar-refractivity contribution >= 4 is 11.6 Å². The minimum atomic E-state index is 0.381. The van der Waals surface area contributed by atoms with E-state index in [1.54, 1.807) is 4.52 Å². The second-order valence-corrected chi connectivity index (χ2v) is 5.19. The third-order valence-corrected chi connectivity index (χ3v) is 3.76. The van der Waals surface area contributed by atoms with Crippen molar-refractivity contribution in [1.29, 1.82) is 0 Å². The number of hydrogen-bond acceptors (Lipinski definition) is 4. The van der Waals surface area contributed by atoms with Crippen LogP contribution in [0.5, 0.6) is 0 Å². The molecule has 0 amide bonds. The number of aromatic nitrogens is 3. The Morgan fingerprint density at radius 2 is 2.42 bits per heavy atom. The zero-order chi connectivity index (χ0) is 13.2. The first kappa shape index (κ1) is 12.4. The number of anilines is 1. The van der Waals surface area contributed by atoms with Crippen molar-refractivity contribution in [3.63, 3.8) is 0 Å². The van der Waals surface area contributed by atoms with Gasteiger partial charge in [0.05, 0.1) is 6.10 Å². The van der Waals surface area contributed by atoms with Crippen LogP contribution in [-0.2, 0) is 4.74 Å². The van der Waals surface area contributed by atoms with Gasteiger partial charge in [0.1, 0.15) is 0 Å². The summed E-state index contributed by atoms with van der Waals surface area (Å²) in [5.74, 6) is 1.27. The number of aryl methyl sites for hydroxylation is 1. The molecule has 2 aromatic heterocycles. The van der Waals surface area contributed by atoms with Crippen LogP contribution < -0.4 is 5.32 Å². The molecule has 1 saturated heterocycles. The molecule has 3 heterocycles. The molecule has 5 nitrogen and oxygen atoms in total. The topological polar surface area (TPSA) is 51.5 Å². The lowest BCUT2D eigenvalue weighted by atomic mass is 10.00. The molecule has 0 spiro atoms. The van der Waals surface area contributed by atoms with Crippen LogP contribution in [0, 0.1) is 12.8 Å². The number of nitrogens with zero attached hydrogens (tertiary/aromatic N) is 3. The standard InChI is InChI=1S/C14H20N4O/c1-3-12-11(5-7-19-12)9-15-14-16-13-8-10(2)4-6-18(13)17-14/h4,6,8,11-12H,3,5,7,9H2,1-2H3,(H,15,17). The van der Waals surface area contributed by atoms with Gasteiger partial charge in [-0.2, -0.15) is 4.98 Å². The van der Waals surface area contributed by atoms with E-state index in [2.05, 4.69) is 29.2 Å². The first-order chi connectivity index (χ1) is 9.26. The summed E-state index contributed by atoms with van der Waals surface area (Å²) in [6.07, 6.45) is 4.52. The molecule has 0 bridgehead atoms. The Bertz CT molecular complexity index is 566. The first-order valence-electron chi connectivity index (χ1n) is 6.95. The number of pyridine rings is 1. The van der Waals surface area contributed by atoms with Crippen LogP contribution in [0.2, 0.25) is 0 Å². The quantitative estimate of drug-likeness (QED) is 0.916. The number of fused-ring (bicyclic) bond motifs is 1. The average Bonchev–Trinajstić information content (AvgIpc) is 3.01. The van der Waals surface area contributed by atoms with Gasteiger partial charge in [-0.25, -0.2) is 4.52 Å². The summed E-state index contributed by atoms with van der Waals surface area (Å²) in [5.41, 5.74) is 2.08. The molecule has 5 heteroatoms. The molecule has 1 aliphatic heterocycles. The molecule has 0 aromatic carbocycles. The molecule has 2 atom stereocenters. The zero-order valence-electron chi connectivity index (χ0n) is 11.5. The minimum Gasteiger partial charge on any atom is -0.378 e. The van der Waals surface area contributed by atoms with E-state index in [-0.39, 0.29) is 0 Å². The molecule has 2 aromatic rings. The monoisotopic (exact) mass is 260 g/mol. The Balaban J connectivity index is 1.68. The van der Waals surface area contributed by atoms with Gasteiger partial charge in [0.25, 0.3) is 0 Å². The zero-order valence-corrected chi connectivity index (χ0v) is 11.5. The molecule has 0 saturated carbocycles. The molecule has 19 heavy (non-hydrogen) atoms. The maximum atomic E-state index is 5.69. The van der Waals surface area contributed by atoms with Crippen molar-refractivity contribution in [3.8, 4) is 0 Å². The van der Waals surface area contributed by atoms with Crippen molar-refractivity contribution in [3.05, 3.63) is 23.9 Å². The van der Waals surface area contributed by atoms with Gasteiger partial charge in [0, 0.05) is 25.3 Å². The van der Waals surface area contributed by atoms with Crippen molar-refractivity contribution in [2.45, 2.75) is 32.8 Å². The van der Waals surface area contributed by atoms with E-state index >= 15 is 0 Å². The second kappa shape index (κ2) is 5.17. The summed E-state index contributed by atoms with van der Waals surface area (Å²) in [6.45, 7) is 6.00. The molecule has 2 unspecified atom stereocenters. The molecule has 1 aliphatic rings. The summed E-state index contributed by atoms with van der Waals surface area (Å²) in [7, 11) is 0. The van der Waals surface area contributed by atoms with Crippen molar-refractivity contribution in [2.75, 3.05) is 18.5 Å². The van der Waals surface area contributed by atoms with Gasteiger partial charge in [0.2, 0.25) is 5.95 Å². The highest BCUT2D eigenvalue weighted by atomic mass is 16.5. The summed E-state index contributed by atoms with van der Waals surface area (Å²) in [6, 6.07) is 4.06. The molecular formula is C14H20N4O. The summed E-state index contributed by atoms with van der Waals surface area (Å²) in [5, 5.41) is 7.76. The highest BCUT2D eigenvalue weighted by Crippen LogP contribution is 2.23. The van der Waals surface area contributed by atoms with Crippen molar-refractivity contribution < 1.29 is 4.74 Å². The highest BCUT2D eigenvalue weighted by Gasteiger charge is 2.26. The average molecular weight is 260 g/mol. The highest BCUT2D eigenvalue weighted by molar-refractivity contribution is 5.45. The predicted octanol–water partition coefficient (Wildman–Crippen LogP) is 2.26. The summed E-state index contributed by atoms with van der Waals surface area (Å²) < 4.78 is 7.50. The van der Waals surface area contributed by atoms with Gasteiger partial charge in [-0.15, -0.1) is 5.10 Å². The summed E-state index contributed by atoms with van der Waals surface area (Å²) >= 11 is 0. The third kappa shape index (κ3) is 2.56. The molecule has 0 aliphatic carbocycles. The van der Waals surface area contributed by atoms with Gasteiger partial charge >= 0.3 is 0 Å². The van der Waals surface area contributed by atoms with Crippen molar-refractivity contribution in [2.24, 2.45) is 5.92 Å². The van der Waals surface area contributed by atoms with E-state index in [0.717, 1.165) is 31.6 Å². The predicted molar refractivity (Wildman–Crippen MR) is 74.4 cm³/mol. The van der Waals surface area contributed by atoms with E-state index in [0.29, 0.717) is 18.0 Å². The fourth-order valence-electron chi connectivity index (χ4n) is 2.66. The Labute approximate surface area is 113 Å². The smallest absolute Gasteiger partial charge is 0.243 e. The molecule has 102 valence electrons. The maximum Gasteiger partial charge on any atom is 0.243 e. The number of ether oxygens (including phenoxy) is 1. The molecule has 1 fully saturated rings. The van der Waals surface area contributed by atoms with Gasteiger partial charge in [-0.3, -0.25) is 0 Å². The largest absolute Gasteiger partial charge is 0.378 e. The molecular weight excluding hydrogens is 240 g/mol. The van der Waals surface area contributed by atoms with Crippen LogP contribution in [0.4, 0.5) is 5.95 Å². The van der Waals surface area contributed by atoms with Gasteiger partial charge in [0.15, 0.2) is 5.65 Å². The van der Waals surface area contributed by atoms with Gasteiger partial charge in [-0.1, -0.05) is 6.92 Å². The van der Waals surface area contributed by atoms with Crippen LogP contribution in [-0.4, -0.2) is 33.9 Å². The third-order valence-electron chi connectivity index (χ3n) is 3.76. The van der Waals surface area contributed by atoms with E-state index in [4.69, 9.17) is 4.74 Å². The Morgan fingerprint density at radius 1 is 1.53 bits per heavy atom. The van der Waals surface area contributed by atoms with E-state index < -0.39 is 0 Å². The number of hydrogen-bond donors (Lipinski definition) is 1. The maximum absolute atomic E-state index is 5.69. The number of nitrogens with one attached hydrogen (secondary N) is 1. The second-order valence-electron chi connectivity index (χ2n) is 5.19. The van der Waals surface area contributed by atoms with Crippen LogP contribution in [0.25, 0.3) is 5.65 Å². The fraction of sp³-hybridized carbons (Fsp3) is 0.571. The SMILES string of the molecule is CCC1OCCC1CNc1nc2cc(C)ccn2n1. The fourth-order valence-corrected chi connectivity index (χ4v) is 2.66. The normalized spacial score (nSPS) is 23.1. The van der Waals surface area contributed by atoms with Crippen LogP contribution in [0.1, 0.15) is 25.3 Å². The van der Waals surface area contributed by atoms with E-state index in [1.807, 2.05) is 18.3 Å². The van der Waals surface area contributed by atoms with Gasteiger partial charge < -0.3 is 10.1 Å². The first-order valence-corrected chi connectivity index (χ1v) is 6.95. The Morgan fingerprint density at radius 3 is 3.26 bits per heavy atom. The van der Waals surface area contributed by atoms with Crippen molar-refractivity contribution in [1.82, 2.24) is 14.6 Å². The van der Waals surface area contributed by atoms with Crippen LogP contribution in [0.15, 0.2) is 18.3 Å². The lowest BCUT2D eigenvalue weighted by Gasteiger charge is -2.16. The summed E-state index contributed by atoms with van der Waals surface area (Å²) in [4.78, 5) is 4.49. The van der Waals surface area contributed by atoms with Gasteiger partial charge in [-0.05, 0) is 37.5 Å². The molecule has 1 N–H and O–H groups in total. The van der Waals surface area contributed by atoms with Crippen LogP contribution >= 0.6 is 0 Å². The minimum absolute atomic E-state index is 0.381. The Kier molecular flexibility index (Phi) is 3.38. The number of rotatable bonds is 4. The molecule has 3 rings (SSSR count). The van der Waals surface area contributed by atoms with E-state index in [9.17, 15) is 0 Å². The lowest BCUT2D eigenvalue weighted by molar-refractivity contribution is 0.0900. The molecule has 0 radical (unpaired) electrons. The Hall–Kier alpha value is -1.62. The van der Waals surface area contributed by atoms with E-state index in [1.165, 1.54) is 5.56 Å². The van der Waals surface area contributed by atoms with Crippen LogP contribution in [0.3, 0.4) is 0 Å².